The molecule has 12 heteroatoms. The predicted octanol–water partition coefficient (Wildman–Crippen LogP) is 7.40. The van der Waals surface area contributed by atoms with E-state index in [0.29, 0.717) is 10.6 Å². The zero-order valence-electron chi connectivity index (χ0n) is 13.1. The molecule has 146 valence electrons. The number of hydrogen-bond donors (Lipinski definition) is 0. The second-order valence-electron chi connectivity index (χ2n) is 5.06. The number of halogens is 10. The van der Waals surface area contributed by atoms with E-state index >= 15 is 0 Å². The van der Waals surface area contributed by atoms with Crippen molar-refractivity contribution in [1.29, 1.82) is 0 Å². The summed E-state index contributed by atoms with van der Waals surface area (Å²) in [4.78, 5) is 0. The van der Waals surface area contributed by atoms with Gasteiger partial charge in [0.25, 0.3) is 0 Å². The Kier molecular flexibility index (Phi) is 6.45. The van der Waals surface area contributed by atoms with E-state index in [1.807, 2.05) is 25.6 Å². The molecule has 25 heavy (non-hydrogen) atoms. The van der Waals surface area contributed by atoms with Crippen LogP contribution in [0.4, 0.5) is 38.4 Å². The first-order valence-corrected chi connectivity index (χ1v) is 8.69. The summed E-state index contributed by atoms with van der Waals surface area (Å²) >= 11 is 6.04. The van der Waals surface area contributed by atoms with E-state index in [1.54, 1.807) is 6.08 Å². The molecule has 1 nitrogen and oxygen atoms in total. The zero-order valence-corrected chi connectivity index (χ0v) is 14.7. The molecule has 0 aliphatic carbocycles. The van der Waals surface area contributed by atoms with Crippen LogP contribution in [-0.4, -0.2) is 24.4 Å². The van der Waals surface area contributed by atoms with Gasteiger partial charge in [-0.3, -0.25) is 0 Å². The number of rotatable bonds is 2. The molecular formula is C13H14ClF9NP. The third-order valence-electron chi connectivity index (χ3n) is 2.53. The van der Waals surface area contributed by atoms with E-state index in [0.717, 1.165) is 17.8 Å². The summed E-state index contributed by atoms with van der Waals surface area (Å²) in [5.74, 6) is 0. The first kappa shape index (κ1) is 23.7. The van der Waals surface area contributed by atoms with Crippen molar-refractivity contribution < 1.29 is 42.9 Å². The van der Waals surface area contributed by atoms with E-state index in [-0.39, 0.29) is 0 Å². The number of alkyl halides is 3. The molecule has 0 bridgehead atoms. The Morgan fingerprint density at radius 1 is 0.960 bits per heavy atom. The fourth-order valence-corrected chi connectivity index (χ4v) is 1.50. The molecule has 0 radical (unpaired) electrons. The summed E-state index contributed by atoms with van der Waals surface area (Å²) < 4.78 is 98.2. The molecule has 0 unspecified atom stereocenters. The molecule has 0 aromatic heterocycles. The van der Waals surface area contributed by atoms with E-state index in [4.69, 9.17) is 11.6 Å². The van der Waals surface area contributed by atoms with Gasteiger partial charge < -0.3 is 0 Å². The first-order valence-electron chi connectivity index (χ1n) is 6.29. The average Bonchev–Trinajstić information content (AvgIpc) is 2.33. The Bertz CT molecular complexity index is 655. The molecular weight excluding hydrogens is 408 g/mol. The van der Waals surface area contributed by atoms with Crippen LogP contribution < -0.4 is 0 Å². The Hall–Kier alpha value is -1.28. The summed E-state index contributed by atoms with van der Waals surface area (Å²) in [6, 6.07) is 4.78. The van der Waals surface area contributed by atoms with Crippen molar-refractivity contribution in [3.05, 3.63) is 41.5 Å². The monoisotopic (exact) mass is 421 g/mol. The Morgan fingerprint density at radius 3 is 1.60 bits per heavy atom. The molecule has 0 N–H and O–H groups in total. The SMILES string of the molecule is CC(C=C(Cl)c1ccc(C(F)(F)F)cc1)=[N+](C)C.F[P-](F)(F)(F)(F)F. The van der Waals surface area contributed by atoms with Gasteiger partial charge in [-0.25, -0.2) is 4.58 Å². The minimum atomic E-state index is -10.7. The average molecular weight is 422 g/mol. The minimum absolute atomic E-state index is 0.412. The molecule has 0 saturated carbocycles. The van der Waals surface area contributed by atoms with Crippen LogP contribution in [0.25, 0.3) is 5.03 Å². The molecule has 1 aromatic carbocycles. The fraction of sp³-hybridized carbons (Fsp3) is 0.308. The zero-order chi connectivity index (χ0) is 20.3. The van der Waals surface area contributed by atoms with Crippen LogP contribution in [0.2, 0.25) is 0 Å². The fourth-order valence-electron chi connectivity index (χ4n) is 1.21. The van der Waals surface area contributed by atoms with Gasteiger partial charge in [-0.1, -0.05) is 23.7 Å². The summed E-state index contributed by atoms with van der Waals surface area (Å²) in [7, 11) is -6.93. The van der Waals surface area contributed by atoms with E-state index in [9.17, 15) is 38.4 Å². The second-order valence-corrected chi connectivity index (χ2v) is 7.39. The van der Waals surface area contributed by atoms with Crippen LogP contribution in [0.15, 0.2) is 30.3 Å². The van der Waals surface area contributed by atoms with Crippen molar-refractivity contribution in [3.8, 4) is 0 Å². The molecule has 0 atom stereocenters. The van der Waals surface area contributed by atoms with E-state index < -0.39 is 19.5 Å². The Balaban J connectivity index is 0.000000697. The van der Waals surface area contributed by atoms with Crippen LogP contribution in [0.1, 0.15) is 18.1 Å². The van der Waals surface area contributed by atoms with Crippen LogP contribution >= 0.6 is 19.4 Å². The van der Waals surface area contributed by atoms with Crippen LogP contribution in [0.5, 0.6) is 0 Å². The van der Waals surface area contributed by atoms with Crippen molar-refractivity contribution >= 4 is 30.2 Å². The van der Waals surface area contributed by atoms with Crippen molar-refractivity contribution in [2.75, 3.05) is 14.1 Å². The van der Waals surface area contributed by atoms with Gasteiger partial charge in [0.05, 0.1) is 10.6 Å². The molecule has 1 rings (SSSR count). The maximum absolute atomic E-state index is 12.4. The molecule has 0 amide bonds. The van der Waals surface area contributed by atoms with Crippen LogP contribution in [-0.2, 0) is 6.18 Å². The van der Waals surface area contributed by atoms with Gasteiger partial charge >= 0.3 is 39.2 Å². The first-order chi connectivity index (χ1) is 10.7. The molecule has 0 aliphatic heterocycles. The number of hydrogen-bond acceptors (Lipinski definition) is 0. The second kappa shape index (κ2) is 6.79. The Labute approximate surface area is 142 Å². The van der Waals surface area contributed by atoms with E-state index in [2.05, 4.69) is 0 Å². The molecule has 0 saturated heterocycles. The molecule has 0 heterocycles. The third-order valence-corrected chi connectivity index (χ3v) is 2.86. The molecule has 0 aliphatic rings. The Morgan fingerprint density at radius 2 is 1.32 bits per heavy atom. The molecule has 0 spiro atoms. The van der Waals surface area contributed by atoms with Gasteiger partial charge in [0.15, 0.2) is 5.71 Å². The number of allylic oxidation sites excluding steroid dienone is 1. The van der Waals surface area contributed by atoms with Crippen LogP contribution in [0.3, 0.4) is 0 Å². The van der Waals surface area contributed by atoms with Gasteiger partial charge in [0.1, 0.15) is 14.1 Å². The van der Waals surface area contributed by atoms with Gasteiger partial charge in [0, 0.05) is 13.0 Å². The summed E-state index contributed by atoms with van der Waals surface area (Å²) in [6.07, 6.45) is -2.61. The quantitative estimate of drug-likeness (QED) is 0.202. The van der Waals surface area contributed by atoms with Gasteiger partial charge in [-0.2, -0.15) is 13.2 Å². The molecule has 1 aromatic rings. The van der Waals surface area contributed by atoms with E-state index in [1.165, 1.54) is 12.1 Å². The van der Waals surface area contributed by atoms with Crippen molar-refractivity contribution in [2.45, 2.75) is 13.1 Å². The standard InChI is InChI=1S/C13H14ClF3N.F6P/c1-9(18(2)3)8-12(14)10-4-6-11(7-5-10)13(15,16)17;1-7(2,3,4,5)6/h4-8H,1-3H3;/q+1;-1. The summed E-state index contributed by atoms with van der Waals surface area (Å²) in [6.45, 7) is 1.87. The van der Waals surface area contributed by atoms with Gasteiger partial charge in [-0.15, -0.1) is 0 Å². The van der Waals surface area contributed by atoms with Crippen molar-refractivity contribution in [2.24, 2.45) is 0 Å². The molecule has 0 fully saturated rings. The van der Waals surface area contributed by atoms with Gasteiger partial charge in [0.2, 0.25) is 0 Å². The third kappa shape index (κ3) is 13.7. The normalized spacial score (nSPS) is 15.5. The summed E-state index contributed by atoms with van der Waals surface area (Å²) in [5, 5.41) is 0.412. The van der Waals surface area contributed by atoms with Crippen LogP contribution in [0, 0.1) is 0 Å². The predicted molar refractivity (Wildman–Crippen MR) is 81.6 cm³/mol. The number of nitrogens with zero attached hydrogens (tertiary/aromatic N) is 1. The van der Waals surface area contributed by atoms with Crippen molar-refractivity contribution in [3.63, 3.8) is 0 Å². The summed E-state index contributed by atoms with van der Waals surface area (Å²) in [5.41, 5.74) is 0.801. The maximum atomic E-state index is 12.4. The number of benzene rings is 1. The van der Waals surface area contributed by atoms with Crippen molar-refractivity contribution in [1.82, 2.24) is 0 Å². The topological polar surface area (TPSA) is 3.01 Å². The van der Waals surface area contributed by atoms with Gasteiger partial charge in [-0.05, 0) is 17.7 Å².